The lowest BCUT2D eigenvalue weighted by atomic mass is 10.0. The predicted molar refractivity (Wildman–Crippen MR) is 95.5 cm³/mol. The molecule has 0 heterocycles. The number of benzene rings is 2. The van der Waals surface area contributed by atoms with Crippen molar-refractivity contribution < 1.29 is 19.3 Å². The Hall–Kier alpha value is -2.36. The van der Waals surface area contributed by atoms with Crippen LogP contribution in [0.4, 0.5) is 0 Å². The Balaban J connectivity index is 2.23. The molecule has 0 aromatic heterocycles. The molecule has 2 aromatic rings. The second-order valence-corrected chi connectivity index (χ2v) is 5.39. The lowest BCUT2D eigenvalue weighted by Crippen LogP contribution is -2.04. The predicted octanol–water partition coefficient (Wildman–Crippen LogP) is 4.37. The summed E-state index contributed by atoms with van der Waals surface area (Å²) in [6.07, 6.45) is 1.74. The number of aryl methyl sites for hydroxylation is 2. The van der Waals surface area contributed by atoms with Crippen molar-refractivity contribution in [3.05, 3.63) is 47.5 Å². The van der Waals surface area contributed by atoms with Crippen LogP contribution >= 0.6 is 0 Å². The number of phenols is 1. The van der Waals surface area contributed by atoms with Crippen molar-refractivity contribution in [1.82, 2.24) is 0 Å². The molecule has 0 radical (unpaired) electrons. The Kier molecular flexibility index (Phi) is 6.79. The minimum Gasteiger partial charge on any atom is -0.508 e. The van der Waals surface area contributed by atoms with Crippen LogP contribution in [0.3, 0.4) is 0 Å². The van der Waals surface area contributed by atoms with Crippen LogP contribution in [0.1, 0.15) is 31.9 Å². The Morgan fingerprint density at radius 3 is 1.71 bits per heavy atom. The van der Waals surface area contributed by atoms with Gasteiger partial charge in [-0.3, -0.25) is 0 Å². The number of phenolic OH excluding ortho intramolecular Hbond substituents is 1. The average molecular weight is 330 g/mol. The first kappa shape index (κ1) is 18.0. The Bertz CT molecular complexity index is 608. The van der Waals surface area contributed by atoms with Gasteiger partial charge in [-0.2, -0.15) is 0 Å². The zero-order chi connectivity index (χ0) is 17.4. The fourth-order valence-corrected chi connectivity index (χ4v) is 2.54. The van der Waals surface area contributed by atoms with Crippen LogP contribution in [0.25, 0.3) is 0 Å². The largest absolute Gasteiger partial charge is 0.508 e. The Morgan fingerprint density at radius 2 is 1.21 bits per heavy atom. The Morgan fingerprint density at radius 1 is 0.708 bits per heavy atom. The van der Waals surface area contributed by atoms with E-state index in [1.165, 1.54) is 5.56 Å². The highest BCUT2D eigenvalue weighted by atomic mass is 16.5. The number of hydrogen-bond donors (Lipinski definition) is 1. The second-order valence-electron chi connectivity index (χ2n) is 5.39. The molecule has 2 rings (SSSR count). The van der Waals surface area contributed by atoms with Gasteiger partial charge in [-0.15, -0.1) is 0 Å². The van der Waals surface area contributed by atoms with Crippen molar-refractivity contribution >= 4 is 0 Å². The molecule has 0 saturated carbocycles. The summed E-state index contributed by atoms with van der Waals surface area (Å²) in [5.74, 6) is 2.42. The fraction of sp³-hybridized carbons (Fsp3) is 0.400. The molecule has 0 bridgehead atoms. The average Bonchev–Trinajstić information content (AvgIpc) is 2.58. The van der Waals surface area contributed by atoms with E-state index in [2.05, 4.69) is 0 Å². The van der Waals surface area contributed by atoms with Crippen LogP contribution < -0.4 is 14.2 Å². The van der Waals surface area contributed by atoms with E-state index < -0.39 is 0 Å². The first-order chi connectivity index (χ1) is 11.7. The molecule has 0 atom stereocenters. The topological polar surface area (TPSA) is 47.9 Å². The van der Waals surface area contributed by atoms with Gasteiger partial charge < -0.3 is 19.3 Å². The molecule has 2 aromatic carbocycles. The van der Waals surface area contributed by atoms with E-state index in [1.54, 1.807) is 12.1 Å². The number of aromatic hydroxyl groups is 1. The van der Waals surface area contributed by atoms with Gasteiger partial charge >= 0.3 is 0 Å². The van der Waals surface area contributed by atoms with Crippen molar-refractivity contribution in [2.75, 3.05) is 19.8 Å². The van der Waals surface area contributed by atoms with Gasteiger partial charge in [-0.25, -0.2) is 0 Å². The summed E-state index contributed by atoms with van der Waals surface area (Å²) in [5, 5.41) is 9.37. The molecule has 0 saturated heterocycles. The lowest BCUT2D eigenvalue weighted by molar-refractivity contribution is 0.260. The third-order valence-corrected chi connectivity index (χ3v) is 3.61. The van der Waals surface area contributed by atoms with Crippen LogP contribution in [-0.4, -0.2) is 24.9 Å². The van der Waals surface area contributed by atoms with Crippen LogP contribution in [0.2, 0.25) is 0 Å². The molecule has 4 heteroatoms. The Labute approximate surface area is 144 Å². The van der Waals surface area contributed by atoms with Crippen LogP contribution in [0.15, 0.2) is 36.4 Å². The van der Waals surface area contributed by atoms with E-state index in [1.807, 2.05) is 45.0 Å². The lowest BCUT2D eigenvalue weighted by Gasteiger charge is -2.17. The van der Waals surface area contributed by atoms with Crippen molar-refractivity contribution in [2.24, 2.45) is 0 Å². The summed E-state index contributed by atoms with van der Waals surface area (Å²) < 4.78 is 17.2. The first-order valence-corrected chi connectivity index (χ1v) is 8.51. The number of rotatable bonds is 9. The van der Waals surface area contributed by atoms with Crippen LogP contribution in [-0.2, 0) is 12.8 Å². The maximum absolute atomic E-state index is 9.37. The molecular formula is C20H26O4. The molecule has 0 spiro atoms. The molecule has 4 nitrogen and oxygen atoms in total. The monoisotopic (exact) mass is 330 g/mol. The standard InChI is InChI=1S/C20H26O4/c1-4-22-18-13-16(8-7-15-9-11-17(21)12-10-15)14-19(23-5-2)20(18)24-6-3/h9-14,21H,4-8H2,1-3H3. The highest BCUT2D eigenvalue weighted by molar-refractivity contribution is 5.54. The quantitative estimate of drug-likeness (QED) is 0.741. The zero-order valence-electron chi connectivity index (χ0n) is 14.7. The maximum Gasteiger partial charge on any atom is 0.203 e. The third-order valence-electron chi connectivity index (χ3n) is 3.61. The van der Waals surface area contributed by atoms with Crippen molar-refractivity contribution in [2.45, 2.75) is 33.6 Å². The highest BCUT2D eigenvalue weighted by Gasteiger charge is 2.15. The van der Waals surface area contributed by atoms with E-state index in [9.17, 15) is 5.11 Å². The van der Waals surface area contributed by atoms with Gasteiger partial charge in [0, 0.05) is 0 Å². The molecule has 0 unspecified atom stereocenters. The molecular weight excluding hydrogens is 304 g/mol. The molecule has 0 fully saturated rings. The summed E-state index contributed by atoms with van der Waals surface area (Å²) in [6.45, 7) is 7.58. The molecule has 0 aliphatic heterocycles. The summed E-state index contributed by atoms with van der Waals surface area (Å²) >= 11 is 0. The van der Waals surface area contributed by atoms with Crippen molar-refractivity contribution in [3.8, 4) is 23.0 Å². The summed E-state index contributed by atoms with van der Waals surface area (Å²) in [7, 11) is 0. The van der Waals surface area contributed by atoms with Crippen LogP contribution in [0, 0.1) is 0 Å². The zero-order valence-corrected chi connectivity index (χ0v) is 14.7. The highest BCUT2D eigenvalue weighted by Crippen LogP contribution is 2.39. The smallest absolute Gasteiger partial charge is 0.203 e. The SMILES string of the molecule is CCOc1cc(CCc2ccc(O)cc2)cc(OCC)c1OCC. The van der Waals surface area contributed by atoms with E-state index >= 15 is 0 Å². The molecule has 0 aliphatic rings. The third kappa shape index (κ3) is 4.82. The van der Waals surface area contributed by atoms with Crippen molar-refractivity contribution in [1.29, 1.82) is 0 Å². The minimum atomic E-state index is 0.289. The van der Waals surface area contributed by atoms with Gasteiger partial charge in [0.15, 0.2) is 11.5 Å². The maximum atomic E-state index is 9.37. The molecule has 24 heavy (non-hydrogen) atoms. The van der Waals surface area contributed by atoms with Gasteiger partial charge in [0.2, 0.25) is 5.75 Å². The van der Waals surface area contributed by atoms with Gasteiger partial charge in [0.05, 0.1) is 19.8 Å². The van der Waals surface area contributed by atoms with Gasteiger partial charge in [-0.1, -0.05) is 12.1 Å². The number of hydrogen-bond acceptors (Lipinski definition) is 4. The number of ether oxygens (including phenoxy) is 3. The summed E-state index contributed by atoms with van der Waals surface area (Å²) in [5.41, 5.74) is 2.32. The molecule has 0 aliphatic carbocycles. The normalized spacial score (nSPS) is 10.5. The van der Waals surface area contributed by atoms with Crippen LogP contribution in [0.5, 0.6) is 23.0 Å². The van der Waals surface area contributed by atoms with E-state index in [4.69, 9.17) is 14.2 Å². The second kappa shape index (κ2) is 9.06. The molecule has 1 N–H and O–H groups in total. The first-order valence-electron chi connectivity index (χ1n) is 8.51. The fourth-order valence-electron chi connectivity index (χ4n) is 2.54. The molecule has 0 amide bonds. The van der Waals surface area contributed by atoms with E-state index in [-0.39, 0.29) is 5.75 Å². The van der Waals surface area contributed by atoms with E-state index in [0.29, 0.717) is 25.6 Å². The van der Waals surface area contributed by atoms with E-state index in [0.717, 1.165) is 29.9 Å². The van der Waals surface area contributed by atoms with Gasteiger partial charge in [0.1, 0.15) is 5.75 Å². The van der Waals surface area contributed by atoms with Gasteiger partial charge in [0.25, 0.3) is 0 Å². The summed E-state index contributed by atoms with van der Waals surface area (Å²) in [6, 6.07) is 11.4. The minimum absolute atomic E-state index is 0.289. The van der Waals surface area contributed by atoms with Crippen molar-refractivity contribution in [3.63, 3.8) is 0 Å². The summed E-state index contributed by atoms with van der Waals surface area (Å²) in [4.78, 5) is 0. The molecule has 130 valence electrons. The van der Waals surface area contributed by atoms with Gasteiger partial charge in [-0.05, 0) is 69.0 Å².